The molecule has 0 bridgehead atoms. The van der Waals surface area contributed by atoms with Crippen molar-refractivity contribution in [3.8, 4) is 0 Å². The van der Waals surface area contributed by atoms with Crippen molar-refractivity contribution < 1.29 is 13.6 Å². The highest BCUT2D eigenvalue weighted by molar-refractivity contribution is 5.92. The summed E-state index contributed by atoms with van der Waals surface area (Å²) in [5, 5.41) is 0. The first kappa shape index (κ1) is 10.1. The number of hydrogen-bond acceptors (Lipinski definition) is 2. The molecule has 2 rings (SSSR count). The molecule has 1 aliphatic rings. The number of hydrogen-bond donors (Lipinski definition) is 0. The van der Waals surface area contributed by atoms with Crippen molar-refractivity contribution >= 4 is 5.91 Å². The Morgan fingerprint density at radius 2 is 2.27 bits per heavy atom. The Bertz CT molecular complexity index is 371. The molecule has 1 aromatic heterocycles. The first-order valence-corrected chi connectivity index (χ1v) is 4.63. The summed E-state index contributed by atoms with van der Waals surface area (Å²) in [5.74, 6) is -0.940. The third kappa shape index (κ3) is 1.84. The molecule has 0 unspecified atom stereocenters. The van der Waals surface area contributed by atoms with Crippen molar-refractivity contribution in [1.29, 1.82) is 0 Å². The lowest BCUT2D eigenvalue weighted by atomic mass is 10.0. The Kier molecular flexibility index (Phi) is 2.42. The smallest absolute Gasteiger partial charge is 0.274 e. The van der Waals surface area contributed by atoms with Crippen LogP contribution in [0.25, 0.3) is 0 Å². The first-order chi connectivity index (χ1) is 7.08. The van der Waals surface area contributed by atoms with Crippen LogP contribution in [0.5, 0.6) is 0 Å². The molecular weight excluding hydrogens is 204 g/mol. The third-order valence-corrected chi connectivity index (χ3v) is 2.48. The molecule has 1 amide bonds. The van der Waals surface area contributed by atoms with Crippen LogP contribution in [0, 0.1) is 5.92 Å². The number of likely N-dealkylation sites (tertiary alicyclic amines) is 1. The Labute approximate surface area is 85.5 Å². The molecule has 4 nitrogen and oxygen atoms in total. The Hall–Kier alpha value is -1.46. The molecule has 0 radical (unpaired) electrons. The molecule has 1 fully saturated rings. The van der Waals surface area contributed by atoms with Gasteiger partial charge in [-0.2, -0.15) is 0 Å². The van der Waals surface area contributed by atoms with Gasteiger partial charge < -0.3 is 9.47 Å². The van der Waals surface area contributed by atoms with Crippen molar-refractivity contribution in [3.05, 3.63) is 18.2 Å². The second kappa shape index (κ2) is 3.60. The molecule has 0 saturated carbocycles. The molecule has 6 heteroatoms. The number of aryl methyl sites for hydroxylation is 1. The van der Waals surface area contributed by atoms with Gasteiger partial charge in [-0.15, -0.1) is 0 Å². The molecule has 0 atom stereocenters. The zero-order chi connectivity index (χ0) is 11.0. The number of carbonyl (C=O) groups is 1. The highest BCUT2D eigenvalue weighted by Gasteiger charge is 2.37. The zero-order valence-electron chi connectivity index (χ0n) is 8.23. The third-order valence-electron chi connectivity index (χ3n) is 2.48. The minimum Gasteiger partial charge on any atom is -0.340 e. The quantitative estimate of drug-likeness (QED) is 0.730. The Morgan fingerprint density at radius 1 is 1.60 bits per heavy atom. The van der Waals surface area contributed by atoms with Crippen LogP contribution in [0.4, 0.5) is 8.78 Å². The molecular formula is C9H11F2N3O. The van der Waals surface area contributed by atoms with Crippen LogP contribution in [0.15, 0.2) is 12.5 Å². The van der Waals surface area contributed by atoms with Gasteiger partial charge in [-0.1, -0.05) is 0 Å². The molecule has 0 aromatic carbocycles. The van der Waals surface area contributed by atoms with E-state index in [4.69, 9.17) is 0 Å². The number of amides is 1. The van der Waals surface area contributed by atoms with E-state index in [-0.39, 0.29) is 19.0 Å². The second-order valence-corrected chi connectivity index (χ2v) is 3.73. The predicted octanol–water partition coefficient (Wildman–Crippen LogP) is 0.757. The van der Waals surface area contributed by atoms with E-state index < -0.39 is 12.3 Å². The van der Waals surface area contributed by atoms with Crippen molar-refractivity contribution in [2.24, 2.45) is 13.0 Å². The standard InChI is InChI=1S/C9H11F2N3O/c1-13-4-7(12-5-13)9(15)14-2-6(3-14)8(10)11/h4-6,8H,2-3H2,1H3. The summed E-state index contributed by atoms with van der Waals surface area (Å²) in [7, 11) is 1.75. The Morgan fingerprint density at radius 3 is 2.73 bits per heavy atom. The van der Waals surface area contributed by atoms with E-state index in [2.05, 4.69) is 4.98 Å². The molecule has 82 valence electrons. The molecule has 0 aliphatic carbocycles. The maximum absolute atomic E-state index is 12.2. The van der Waals surface area contributed by atoms with Crippen LogP contribution >= 0.6 is 0 Å². The SMILES string of the molecule is Cn1cnc(C(=O)N2CC(C(F)F)C2)c1. The van der Waals surface area contributed by atoms with Crippen LogP contribution in [-0.4, -0.2) is 39.9 Å². The average molecular weight is 215 g/mol. The number of halogens is 2. The van der Waals surface area contributed by atoms with Crippen LogP contribution < -0.4 is 0 Å². The van der Waals surface area contributed by atoms with E-state index in [1.807, 2.05) is 0 Å². The summed E-state index contributed by atoms with van der Waals surface area (Å²) in [6.07, 6.45) is 0.758. The van der Waals surface area contributed by atoms with Crippen LogP contribution in [0.1, 0.15) is 10.5 Å². The van der Waals surface area contributed by atoms with Crippen molar-refractivity contribution in [3.63, 3.8) is 0 Å². The van der Waals surface area contributed by atoms with E-state index in [9.17, 15) is 13.6 Å². The fourth-order valence-corrected chi connectivity index (χ4v) is 1.52. The van der Waals surface area contributed by atoms with E-state index in [0.717, 1.165) is 0 Å². The average Bonchev–Trinajstić information content (AvgIpc) is 2.48. The van der Waals surface area contributed by atoms with E-state index in [0.29, 0.717) is 5.69 Å². The zero-order valence-corrected chi connectivity index (χ0v) is 8.23. The van der Waals surface area contributed by atoms with Gasteiger partial charge in [0.2, 0.25) is 6.43 Å². The molecule has 0 N–H and O–H groups in total. The van der Waals surface area contributed by atoms with Gasteiger partial charge in [0.15, 0.2) is 0 Å². The minimum absolute atomic E-state index is 0.132. The van der Waals surface area contributed by atoms with Crippen LogP contribution in [-0.2, 0) is 7.05 Å². The molecule has 15 heavy (non-hydrogen) atoms. The molecule has 1 aromatic rings. The second-order valence-electron chi connectivity index (χ2n) is 3.73. The van der Waals surface area contributed by atoms with Gasteiger partial charge in [0.05, 0.1) is 12.2 Å². The molecule has 1 aliphatic heterocycles. The largest absolute Gasteiger partial charge is 0.340 e. The fourth-order valence-electron chi connectivity index (χ4n) is 1.52. The summed E-state index contributed by atoms with van der Waals surface area (Å²) >= 11 is 0. The summed E-state index contributed by atoms with van der Waals surface area (Å²) in [5.41, 5.74) is 0.310. The maximum atomic E-state index is 12.2. The van der Waals surface area contributed by atoms with Gasteiger partial charge >= 0.3 is 0 Å². The van der Waals surface area contributed by atoms with Crippen LogP contribution in [0.2, 0.25) is 0 Å². The summed E-state index contributed by atoms with van der Waals surface area (Å²) < 4.78 is 26.0. The first-order valence-electron chi connectivity index (χ1n) is 4.63. The van der Waals surface area contributed by atoms with Gasteiger partial charge in [0.1, 0.15) is 5.69 Å². The summed E-state index contributed by atoms with van der Waals surface area (Å²) in [6, 6.07) is 0. The van der Waals surface area contributed by atoms with Crippen molar-refractivity contribution in [2.75, 3.05) is 13.1 Å². The van der Waals surface area contributed by atoms with Gasteiger partial charge in [0, 0.05) is 26.3 Å². The topological polar surface area (TPSA) is 38.1 Å². The number of alkyl halides is 2. The minimum atomic E-state index is -2.34. The lowest BCUT2D eigenvalue weighted by Crippen LogP contribution is -2.52. The fraction of sp³-hybridized carbons (Fsp3) is 0.556. The normalized spacial score (nSPS) is 16.9. The monoisotopic (exact) mass is 215 g/mol. The number of rotatable bonds is 2. The maximum Gasteiger partial charge on any atom is 0.274 e. The van der Waals surface area contributed by atoms with Gasteiger partial charge in [-0.05, 0) is 0 Å². The highest BCUT2D eigenvalue weighted by Crippen LogP contribution is 2.23. The lowest BCUT2D eigenvalue weighted by molar-refractivity contribution is -0.0154. The summed E-state index contributed by atoms with van der Waals surface area (Å²) in [6.45, 7) is 0.264. The molecule has 1 saturated heterocycles. The van der Waals surface area contributed by atoms with E-state index >= 15 is 0 Å². The Balaban J connectivity index is 1.95. The predicted molar refractivity (Wildman–Crippen MR) is 48.6 cm³/mol. The molecule has 2 heterocycles. The van der Waals surface area contributed by atoms with Crippen molar-refractivity contribution in [2.45, 2.75) is 6.43 Å². The van der Waals surface area contributed by atoms with E-state index in [1.54, 1.807) is 17.8 Å². The molecule has 0 spiro atoms. The number of nitrogens with zero attached hydrogens (tertiary/aromatic N) is 3. The van der Waals surface area contributed by atoms with Gasteiger partial charge in [-0.25, -0.2) is 13.8 Å². The number of imidazole rings is 1. The van der Waals surface area contributed by atoms with Crippen LogP contribution in [0.3, 0.4) is 0 Å². The number of carbonyl (C=O) groups excluding carboxylic acids is 1. The van der Waals surface area contributed by atoms with Gasteiger partial charge in [-0.3, -0.25) is 4.79 Å². The van der Waals surface area contributed by atoms with Crippen molar-refractivity contribution in [1.82, 2.24) is 14.5 Å². The van der Waals surface area contributed by atoms with E-state index in [1.165, 1.54) is 11.2 Å². The highest BCUT2D eigenvalue weighted by atomic mass is 19.3. The number of aromatic nitrogens is 2. The lowest BCUT2D eigenvalue weighted by Gasteiger charge is -2.38. The summed E-state index contributed by atoms with van der Waals surface area (Å²) in [4.78, 5) is 16.9. The van der Waals surface area contributed by atoms with Gasteiger partial charge in [0.25, 0.3) is 5.91 Å².